The van der Waals surface area contributed by atoms with E-state index in [1.165, 1.54) is 0 Å². The monoisotopic (exact) mass is 423 g/mol. The summed E-state index contributed by atoms with van der Waals surface area (Å²) >= 11 is 0. The molecule has 164 valence electrons. The molecule has 1 heterocycles. The molecule has 0 saturated carbocycles. The number of ether oxygens (including phenoxy) is 4. The summed E-state index contributed by atoms with van der Waals surface area (Å²) in [7, 11) is 3.32. The van der Waals surface area contributed by atoms with Gasteiger partial charge in [-0.2, -0.15) is 0 Å². The fraction of sp³-hybridized carbons (Fsp3) is 0.360. The summed E-state index contributed by atoms with van der Waals surface area (Å²) in [5.41, 5.74) is 1.92. The van der Waals surface area contributed by atoms with E-state index in [9.17, 15) is 5.11 Å². The fourth-order valence-corrected chi connectivity index (χ4v) is 3.93. The van der Waals surface area contributed by atoms with E-state index in [2.05, 4.69) is 23.1 Å². The molecule has 1 atom stereocenters. The molecule has 0 aromatic heterocycles. The number of hydrogen-bond donors (Lipinski definition) is 1. The maximum Gasteiger partial charge on any atom is 0.130 e. The Hall–Kier alpha value is -2.80. The standard InChI is InChI=1S/C25H29NO5/c1-28-23-4-3-5-24(29-2)25(23)19-7-6-18-8-9-22(15-20(18)14-19)31-17-21(27)16-26-10-12-30-13-11-26/h3-9,14-15,21,27H,10-13,16-17H2,1-2H3. The van der Waals surface area contributed by atoms with E-state index >= 15 is 0 Å². The van der Waals surface area contributed by atoms with Crippen LogP contribution >= 0.6 is 0 Å². The number of β-amino-alcohol motifs (C(OH)–C–C–N with tert-alkyl or cyclic N) is 1. The van der Waals surface area contributed by atoms with Gasteiger partial charge < -0.3 is 24.1 Å². The smallest absolute Gasteiger partial charge is 0.130 e. The second-order valence-corrected chi connectivity index (χ2v) is 7.64. The van der Waals surface area contributed by atoms with Crippen molar-refractivity contribution in [1.82, 2.24) is 4.90 Å². The van der Waals surface area contributed by atoms with E-state index in [1.807, 2.05) is 36.4 Å². The molecule has 0 bridgehead atoms. The number of aliphatic hydroxyl groups excluding tert-OH is 1. The van der Waals surface area contributed by atoms with Gasteiger partial charge in [-0.15, -0.1) is 0 Å². The van der Waals surface area contributed by atoms with Crippen molar-refractivity contribution in [2.75, 3.05) is 53.7 Å². The minimum absolute atomic E-state index is 0.253. The fourth-order valence-electron chi connectivity index (χ4n) is 3.93. The molecular formula is C25H29NO5. The summed E-state index contributed by atoms with van der Waals surface area (Å²) in [5, 5.41) is 12.5. The van der Waals surface area contributed by atoms with Crippen molar-refractivity contribution < 1.29 is 24.1 Å². The molecule has 1 N–H and O–H groups in total. The first-order chi connectivity index (χ1) is 15.2. The highest BCUT2D eigenvalue weighted by atomic mass is 16.5. The van der Waals surface area contributed by atoms with Crippen molar-refractivity contribution in [2.24, 2.45) is 0 Å². The van der Waals surface area contributed by atoms with Crippen LogP contribution in [-0.2, 0) is 4.74 Å². The van der Waals surface area contributed by atoms with E-state index in [0.717, 1.165) is 65.5 Å². The summed E-state index contributed by atoms with van der Waals surface area (Å²) < 4.78 is 22.4. The average Bonchev–Trinajstić information content (AvgIpc) is 2.82. The number of methoxy groups -OCH3 is 2. The zero-order valence-corrected chi connectivity index (χ0v) is 18.0. The maximum atomic E-state index is 10.3. The van der Waals surface area contributed by atoms with Crippen LogP contribution in [0.4, 0.5) is 0 Å². The lowest BCUT2D eigenvalue weighted by atomic mass is 9.99. The summed E-state index contributed by atoms with van der Waals surface area (Å²) in [6, 6.07) is 18.0. The Balaban J connectivity index is 1.51. The van der Waals surface area contributed by atoms with Gasteiger partial charge in [-0.25, -0.2) is 0 Å². The van der Waals surface area contributed by atoms with Crippen LogP contribution in [0.2, 0.25) is 0 Å². The van der Waals surface area contributed by atoms with Crippen LogP contribution in [0.5, 0.6) is 17.2 Å². The van der Waals surface area contributed by atoms with E-state index < -0.39 is 6.10 Å². The molecule has 0 spiro atoms. The lowest BCUT2D eigenvalue weighted by Crippen LogP contribution is -2.42. The van der Waals surface area contributed by atoms with Crippen molar-refractivity contribution in [1.29, 1.82) is 0 Å². The minimum atomic E-state index is -0.544. The maximum absolute atomic E-state index is 10.3. The van der Waals surface area contributed by atoms with Gasteiger partial charge in [-0.1, -0.05) is 24.3 Å². The number of fused-ring (bicyclic) bond motifs is 1. The van der Waals surface area contributed by atoms with Crippen LogP contribution in [0.15, 0.2) is 54.6 Å². The molecular weight excluding hydrogens is 394 g/mol. The van der Waals surface area contributed by atoms with E-state index in [1.54, 1.807) is 14.2 Å². The summed E-state index contributed by atoms with van der Waals surface area (Å²) in [6.45, 7) is 3.98. The number of aliphatic hydroxyl groups is 1. The summed E-state index contributed by atoms with van der Waals surface area (Å²) in [6.07, 6.45) is -0.544. The first-order valence-electron chi connectivity index (χ1n) is 10.5. The Kier molecular flexibility index (Phi) is 6.92. The largest absolute Gasteiger partial charge is 0.496 e. The highest BCUT2D eigenvalue weighted by Gasteiger charge is 2.16. The molecule has 1 unspecified atom stereocenters. The molecule has 31 heavy (non-hydrogen) atoms. The highest BCUT2D eigenvalue weighted by Crippen LogP contribution is 2.39. The van der Waals surface area contributed by atoms with Crippen LogP contribution in [0.25, 0.3) is 21.9 Å². The molecule has 1 fully saturated rings. The minimum Gasteiger partial charge on any atom is -0.496 e. The normalized spacial score (nSPS) is 15.6. The zero-order valence-electron chi connectivity index (χ0n) is 18.0. The van der Waals surface area contributed by atoms with Crippen LogP contribution in [0, 0.1) is 0 Å². The van der Waals surface area contributed by atoms with Crippen molar-refractivity contribution in [3.8, 4) is 28.4 Å². The van der Waals surface area contributed by atoms with E-state index in [4.69, 9.17) is 18.9 Å². The Labute approximate surface area is 182 Å². The van der Waals surface area contributed by atoms with Crippen molar-refractivity contribution in [3.05, 3.63) is 54.6 Å². The van der Waals surface area contributed by atoms with E-state index in [0.29, 0.717) is 6.54 Å². The van der Waals surface area contributed by atoms with E-state index in [-0.39, 0.29) is 6.61 Å². The average molecular weight is 424 g/mol. The molecule has 3 aromatic carbocycles. The van der Waals surface area contributed by atoms with Gasteiger partial charge >= 0.3 is 0 Å². The molecule has 6 heteroatoms. The van der Waals surface area contributed by atoms with Gasteiger partial charge in [0.2, 0.25) is 0 Å². The molecule has 1 aliphatic rings. The zero-order chi connectivity index (χ0) is 21.6. The lowest BCUT2D eigenvalue weighted by molar-refractivity contribution is 0.00467. The third-order valence-corrected chi connectivity index (χ3v) is 5.54. The van der Waals surface area contributed by atoms with Crippen molar-refractivity contribution in [2.45, 2.75) is 6.10 Å². The predicted molar refractivity (Wildman–Crippen MR) is 121 cm³/mol. The van der Waals surface area contributed by atoms with Gasteiger partial charge in [0.1, 0.15) is 30.0 Å². The number of hydrogen-bond acceptors (Lipinski definition) is 6. The molecule has 1 aliphatic heterocycles. The number of rotatable bonds is 8. The van der Waals surface area contributed by atoms with Crippen molar-refractivity contribution >= 4 is 10.8 Å². The van der Waals surface area contributed by atoms with Gasteiger partial charge in [-0.3, -0.25) is 4.90 Å². The third-order valence-electron chi connectivity index (χ3n) is 5.54. The van der Waals surface area contributed by atoms with Crippen LogP contribution in [0.1, 0.15) is 0 Å². The Bertz CT molecular complexity index is 994. The lowest BCUT2D eigenvalue weighted by Gasteiger charge is -2.28. The van der Waals surface area contributed by atoms with Crippen LogP contribution < -0.4 is 14.2 Å². The Morgan fingerprint density at radius 2 is 1.65 bits per heavy atom. The third kappa shape index (κ3) is 5.10. The summed E-state index contributed by atoms with van der Waals surface area (Å²) in [5.74, 6) is 2.26. The second kappa shape index (κ2) is 10.0. The molecule has 0 aliphatic carbocycles. The quantitative estimate of drug-likeness (QED) is 0.598. The molecule has 1 saturated heterocycles. The predicted octanol–water partition coefficient (Wildman–Crippen LogP) is 3.60. The second-order valence-electron chi connectivity index (χ2n) is 7.64. The van der Waals surface area contributed by atoms with Gasteiger partial charge in [0.05, 0.1) is 33.0 Å². The SMILES string of the molecule is COc1cccc(OC)c1-c1ccc2ccc(OCC(O)CN3CCOCC3)cc2c1. The molecule has 4 rings (SSSR count). The van der Waals surface area contributed by atoms with Crippen molar-refractivity contribution in [3.63, 3.8) is 0 Å². The summed E-state index contributed by atoms with van der Waals surface area (Å²) in [4.78, 5) is 2.20. The highest BCUT2D eigenvalue weighted by molar-refractivity contribution is 5.90. The number of nitrogens with zero attached hydrogens (tertiary/aromatic N) is 1. The number of morpholine rings is 1. The van der Waals surface area contributed by atoms with Gasteiger partial charge in [0, 0.05) is 19.6 Å². The Morgan fingerprint density at radius 3 is 2.35 bits per heavy atom. The topological polar surface area (TPSA) is 60.4 Å². The first kappa shape index (κ1) is 21.4. The Morgan fingerprint density at radius 1 is 0.935 bits per heavy atom. The van der Waals surface area contributed by atoms with Crippen LogP contribution in [0.3, 0.4) is 0 Å². The van der Waals surface area contributed by atoms with Crippen LogP contribution in [-0.4, -0.2) is 69.8 Å². The first-order valence-corrected chi connectivity index (χ1v) is 10.5. The van der Waals surface area contributed by atoms with Gasteiger partial charge in [-0.05, 0) is 46.7 Å². The molecule has 0 amide bonds. The van der Waals surface area contributed by atoms with Gasteiger partial charge in [0.15, 0.2) is 0 Å². The molecule has 6 nitrogen and oxygen atoms in total. The van der Waals surface area contributed by atoms with Gasteiger partial charge in [0.25, 0.3) is 0 Å². The number of benzene rings is 3. The molecule has 0 radical (unpaired) electrons. The molecule has 3 aromatic rings.